The third-order valence-corrected chi connectivity index (χ3v) is 4.10. The largest absolute Gasteiger partial charge is 0.352 e. The number of unbranched alkanes of at least 4 members (excludes halogenated alkanes) is 1. The zero-order chi connectivity index (χ0) is 19.6. The number of anilines is 1. The van der Waals surface area contributed by atoms with E-state index in [4.69, 9.17) is 0 Å². The molecule has 27 heavy (non-hydrogen) atoms. The van der Waals surface area contributed by atoms with E-state index in [2.05, 4.69) is 17.6 Å². The highest BCUT2D eigenvalue weighted by molar-refractivity contribution is 5.94. The fourth-order valence-electron chi connectivity index (χ4n) is 2.58. The van der Waals surface area contributed by atoms with Crippen LogP contribution in [-0.2, 0) is 11.2 Å². The van der Waals surface area contributed by atoms with Crippen LogP contribution < -0.4 is 10.6 Å². The van der Waals surface area contributed by atoms with E-state index in [1.54, 1.807) is 0 Å². The van der Waals surface area contributed by atoms with Crippen molar-refractivity contribution in [2.24, 2.45) is 0 Å². The summed E-state index contributed by atoms with van der Waals surface area (Å²) in [5, 5.41) is 5.33. The molecule has 0 aliphatic carbocycles. The summed E-state index contributed by atoms with van der Waals surface area (Å²) in [4.78, 5) is 23.8. The summed E-state index contributed by atoms with van der Waals surface area (Å²) in [5.74, 6) is -2.43. The number of halogens is 2. The second-order valence-electron chi connectivity index (χ2n) is 6.33. The van der Waals surface area contributed by atoms with Gasteiger partial charge >= 0.3 is 0 Å². The lowest BCUT2D eigenvalue weighted by Gasteiger charge is -2.08. The first kappa shape index (κ1) is 20.6. The van der Waals surface area contributed by atoms with Crippen molar-refractivity contribution in [3.05, 3.63) is 65.2 Å². The van der Waals surface area contributed by atoms with Crippen LogP contribution >= 0.6 is 0 Å². The molecule has 0 aromatic heterocycles. The number of hydrogen-bond acceptors (Lipinski definition) is 2. The third-order valence-electron chi connectivity index (χ3n) is 4.10. The number of amides is 2. The molecule has 6 heteroatoms. The van der Waals surface area contributed by atoms with Crippen molar-refractivity contribution < 1.29 is 18.4 Å². The average molecular weight is 374 g/mol. The van der Waals surface area contributed by atoms with E-state index >= 15 is 0 Å². The van der Waals surface area contributed by atoms with Crippen molar-refractivity contribution in [3.63, 3.8) is 0 Å². The second kappa shape index (κ2) is 10.4. The molecule has 0 atom stereocenters. The van der Waals surface area contributed by atoms with Gasteiger partial charge in [-0.2, -0.15) is 0 Å². The van der Waals surface area contributed by atoms with Crippen molar-refractivity contribution in [2.45, 2.75) is 39.0 Å². The first-order valence-electron chi connectivity index (χ1n) is 9.11. The molecule has 0 fully saturated rings. The number of benzene rings is 2. The number of carbonyl (C=O) groups excluding carboxylic acids is 2. The van der Waals surface area contributed by atoms with Crippen molar-refractivity contribution in [3.8, 4) is 0 Å². The maximum atomic E-state index is 13.5. The van der Waals surface area contributed by atoms with Gasteiger partial charge in [0.1, 0.15) is 11.6 Å². The third kappa shape index (κ3) is 6.81. The zero-order valence-electron chi connectivity index (χ0n) is 15.4. The summed E-state index contributed by atoms with van der Waals surface area (Å²) < 4.78 is 26.4. The minimum atomic E-state index is -0.910. The molecule has 2 aromatic rings. The molecule has 2 rings (SSSR count). The second-order valence-corrected chi connectivity index (χ2v) is 6.33. The van der Waals surface area contributed by atoms with Gasteiger partial charge in [-0.15, -0.1) is 0 Å². The van der Waals surface area contributed by atoms with Crippen LogP contribution in [0.15, 0.2) is 42.5 Å². The molecule has 0 aliphatic rings. The Hall–Kier alpha value is -2.76. The van der Waals surface area contributed by atoms with Gasteiger partial charge in [-0.25, -0.2) is 8.78 Å². The molecule has 0 heterocycles. The lowest BCUT2D eigenvalue weighted by atomic mass is 10.1. The van der Waals surface area contributed by atoms with Crippen LogP contribution in [-0.4, -0.2) is 18.4 Å². The Morgan fingerprint density at radius 3 is 2.41 bits per heavy atom. The standard InChI is InChI=1S/C21H24F2N2O2/c1-2-3-5-15-7-10-17(11-8-15)25-20(26)6-4-13-24-21(27)18-12-9-16(22)14-19(18)23/h7-12,14H,2-6,13H2,1H3,(H,24,27)(H,25,26). The highest BCUT2D eigenvalue weighted by Crippen LogP contribution is 2.12. The van der Waals surface area contributed by atoms with Gasteiger partial charge in [0.25, 0.3) is 5.91 Å². The molecule has 0 unspecified atom stereocenters. The van der Waals surface area contributed by atoms with Crippen LogP contribution in [0.4, 0.5) is 14.5 Å². The van der Waals surface area contributed by atoms with Crippen molar-refractivity contribution >= 4 is 17.5 Å². The predicted octanol–water partition coefficient (Wildman–Crippen LogP) is 4.46. The van der Waals surface area contributed by atoms with Gasteiger partial charge in [0.05, 0.1) is 5.56 Å². The van der Waals surface area contributed by atoms with Gasteiger partial charge < -0.3 is 10.6 Å². The number of aryl methyl sites for hydroxylation is 1. The van der Waals surface area contributed by atoms with Gasteiger partial charge in [0.15, 0.2) is 0 Å². The van der Waals surface area contributed by atoms with E-state index < -0.39 is 17.5 Å². The molecule has 0 saturated heterocycles. The molecular weight excluding hydrogens is 350 g/mol. The topological polar surface area (TPSA) is 58.2 Å². The van der Waals surface area contributed by atoms with Crippen LogP contribution in [0.2, 0.25) is 0 Å². The maximum Gasteiger partial charge on any atom is 0.254 e. The molecule has 0 saturated carbocycles. The summed E-state index contributed by atoms with van der Waals surface area (Å²) in [6, 6.07) is 10.5. The van der Waals surface area contributed by atoms with E-state index in [0.29, 0.717) is 12.5 Å². The maximum absolute atomic E-state index is 13.5. The lowest BCUT2D eigenvalue weighted by Crippen LogP contribution is -2.26. The van der Waals surface area contributed by atoms with Gasteiger partial charge in [-0.1, -0.05) is 25.5 Å². The van der Waals surface area contributed by atoms with E-state index in [-0.39, 0.29) is 24.4 Å². The molecule has 2 amide bonds. The Kier molecular flexibility index (Phi) is 7.92. The minimum absolute atomic E-state index is 0.154. The highest BCUT2D eigenvalue weighted by atomic mass is 19.1. The van der Waals surface area contributed by atoms with E-state index in [1.165, 1.54) is 5.56 Å². The van der Waals surface area contributed by atoms with Gasteiger partial charge in [0.2, 0.25) is 5.91 Å². The monoisotopic (exact) mass is 374 g/mol. The van der Waals surface area contributed by atoms with Crippen molar-refractivity contribution in [2.75, 3.05) is 11.9 Å². The molecular formula is C21H24F2N2O2. The summed E-state index contributed by atoms with van der Waals surface area (Å²) in [6.45, 7) is 2.37. The zero-order valence-corrected chi connectivity index (χ0v) is 15.4. The number of hydrogen-bond donors (Lipinski definition) is 2. The summed E-state index contributed by atoms with van der Waals surface area (Å²) in [7, 11) is 0. The Morgan fingerprint density at radius 1 is 1.00 bits per heavy atom. The normalized spacial score (nSPS) is 10.5. The smallest absolute Gasteiger partial charge is 0.254 e. The molecule has 0 bridgehead atoms. The van der Waals surface area contributed by atoms with Crippen LogP contribution in [0.3, 0.4) is 0 Å². The molecule has 0 radical (unpaired) electrons. The molecule has 0 spiro atoms. The van der Waals surface area contributed by atoms with E-state index in [9.17, 15) is 18.4 Å². The predicted molar refractivity (Wildman–Crippen MR) is 102 cm³/mol. The van der Waals surface area contributed by atoms with Gasteiger partial charge in [-0.05, 0) is 49.1 Å². The van der Waals surface area contributed by atoms with Crippen LogP contribution in [0.1, 0.15) is 48.5 Å². The van der Waals surface area contributed by atoms with Crippen molar-refractivity contribution in [1.29, 1.82) is 0 Å². The van der Waals surface area contributed by atoms with E-state index in [0.717, 1.165) is 37.1 Å². The lowest BCUT2D eigenvalue weighted by molar-refractivity contribution is -0.116. The molecule has 2 aromatic carbocycles. The molecule has 4 nitrogen and oxygen atoms in total. The summed E-state index contributed by atoms with van der Waals surface area (Å²) in [5.41, 5.74) is 1.76. The Balaban J connectivity index is 1.70. The molecule has 2 N–H and O–H groups in total. The fourth-order valence-corrected chi connectivity index (χ4v) is 2.58. The van der Waals surface area contributed by atoms with E-state index in [1.807, 2.05) is 24.3 Å². The van der Waals surface area contributed by atoms with Crippen LogP contribution in [0, 0.1) is 11.6 Å². The summed E-state index contributed by atoms with van der Waals surface area (Å²) >= 11 is 0. The quantitative estimate of drug-likeness (QED) is 0.637. The number of rotatable bonds is 9. The van der Waals surface area contributed by atoms with Gasteiger partial charge in [-0.3, -0.25) is 9.59 Å². The Labute approximate surface area is 158 Å². The SMILES string of the molecule is CCCCc1ccc(NC(=O)CCCNC(=O)c2ccc(F)cc2F)cc1. The summed E-state index contributed by atoms with van der Waals surface area (Å²) in [6.07, 6.45) is 3.94. The average Bonchev–Trinajstić information content (AvgIpc) is 2.64. The molecule has 0 aliphatic heterocycles. The first-order valence-corrected chi connectivity index (χ1v) is 9.11. The number of nitrogens with one attached hydrogen (secondary N) is 2. The minimum Gasteiger partial charge on any atom is -0.352 e. The van der Waals surface area contributed by atoms with Gasteiger partial charge in [0, 0.05) is 24.7 Å². The Morgan fingerprint density at radius 2 is 1.74 bits per heavy atom. The first-order chi connectivity index (χ1) is 13.0. The highest BCUT2D eigenvalue weighted by Gasteiger charge is 2.12. The van der Waals surface area contributed by atoms with Crippen LogP contribution in [0.25, 0.3) is 0 Å². The number of carbonyl (C=O) groups is 2. The van der Waals surface area contributed by atoms with Crippen LogP contribution in [0.5, 0.6) is 0 Å². The molecule has 144 valence electrons. The fraction of sp³-hybridized carbons (Fsp3) is 0.333. The van der Waals surface area contributed by atoms with Crippen molar-refractivity contribution in [1.82, 2.24) is 5.32 Å². The Bertz CT molecular complexity index is 776.